The number of nitrogens with one attached hydrogen (secondary N) is 1. The number of aryl methyl sites for hydroxylation is 2. The number of carbonyl (C=O) groups is 1. The van der Waals surface area contributed by atoms with Crippen LogP contribution in [0, 0.1) is 6.92 Å². The summed E-state index contributed by atoms with van der Waals surface area (Å²) in [5.41, 5.74) is 2.09. The van der Waals surface area contributed by atoms with Crippen molar-refractivity contribution in [1.29, 1.82) is 0 Å². The van der Waals surface area contributed by atoms with E-state index in [0.717, 1.165) is 25.2 Å². The predicted molar refractivity (Wildman–Crippen MR) is 102 cm³/mol. The molecular formula is C20H28N4O3. The van der Waals surface area contributed by atoms with E-state index in [4.69, 9.17) is 9.26 Å². The van der Waals surface area contributed by atoms with Crippen LogP contribution in [0.3, 0.4) is 0 Å². The fraction of sp³-hybridized carbons (Fsp3) is 0.550. The molecule has 0 saturated carbocycles. The van der Waals surface area contributed by atoms with Crippen LogP contribution in [0.2, 0.25) is 0 Å². The second-order valence-corrected chi connectivity index (χ2v) is 7.24. The molecule has 0 spiro atoms. The standard InChI is InChI=1S/C20H28N4O3/c1-14-4-6-17(7-5-14)20-22-19(27-23-20)9-8-18(25)21-10-11-24-12-15(2)26-16(3)13-24/h4-7,15-16H,8-13H2,1-3H3,(H,21,25)/t15-,16+. The van der Waals surface area contributed by atoms with Crippen molar-refractivity contribution >= 4 is 5.91 Å². The third kappa shape index (κ3) is 5.87. The number of carbonyl (C=O) groups excluding carboxylic acids is 1. The van der Waals surface area contributed by atoms with Crippen LogP contribution < -0.4 is 5.32 Å². The Morgan fingerprint density at radius 2 is 1.93 bits per heavy atom. The number of hydrogen-bond donors (Lipinski definition) is 1. The van der Waals surface area contributed by atoms with E-state index in [9.17, 15) is 4.79 Å². The molecular weight excluding hydrogens is 344 g/mol. The molecule has 27 heavy (non-hydrogen) atoms. The van der Waals surface area contributed by atoms with Gasteiger partial charge in [0, 0.05) is 44.6 Å². The molecule has 2 atom stereocenters. The Bertz CT molecular complexity index is 734. The van der Waals surface area contributed by atoms with Crippen LogP contribution >= 0.6 is 0 Å². The minimum absolute atomic E-state index is 0.000516. The molecule has 2 heterocycles. The fourth-order valence-electron chi connectivity index (χ4n) is 3.31. The molecule has 146 valence electrons. The summed E-state index contributed by atoms with van der Waals surface area (Å²) >= 11 is 0. The maximum atomic E-state index is 12.1. The highest BCUT2D eigenvalue weighted by Gasteiger charge is 2.21. The Morgan fingerprint density at radius 3 is 2.63 bits per heavy atom. The lowest BCUT2D eigenvalue weighted by atomic mass is 10.1. The van der Waals surface area contributed by atoms with E-state index in [1.807, 2.05) is 31.2 Å². The zero-order valence-corrected chi connectivity index (χ0v) is 16.3. The maximum absolute atomic E-state index is 12.1. The minimum atomic E-state index is -0.000516. The van der Waals surface area contributed by atoms with Gasteiger partial charge in [0.25, 0.3) is 0 Å². The average Bonchev–Trinajstić information content (AvgIpc) is 3.09. The Kier molecular flexibility index (Phi) is 6.58. The number of benzene rings is 1. The van der Waals surface area contributed by atoms with Crippen LogP contribution in [0.1, 0.15) is 31.7 Å². The summed E-state index contributed by atoms with van der Waals surface area (Å²) in [7, 11) is 0. The van der Waals surface area contributed by atoms with E-state index < -0.39 is 0 Å². The molecule has 0 bridgehead atoms. The van der Waals surface area contributed by atoms with Crippen LogP contribution in [0.25, 0.3) is 11.4 Å². The highest BCUT2D eigenvalue weighted by molar-refractivity contribution is 5.76. The highest BCUT2D eigenvalue weighted by Crippen LogP contribution is 2.16. The zero-order chi connectivity index (χ0) is 19.2. The number of amides is 1. The third-order valence-corrected chi connectivity index (χ3v) is 4.59. The molecule has 1 amide bonds. The second-order valence-electron chi connectivity index (χ2n) is 7.24. The summed E-state index contributed by atoms with van der Waals surface area (Å²) in [6.45, 7) is 9.48. The lowest BCUT2D eigenvalue weighted by molar-refractivity contribution is -0.121. The van der Waals surface area contributed by atoms with E-state index in [0.29, 0.717) is 31.1 Å². The topological polar surface area (TPSA) is 80.5 Å². The van der Waals surface area contributed by atoms with Gasteiger partial charge in [-0.1, -0.05) is 35.0 Å². The van der Waals surface area contributed by atoms with Gasteiger partial charge < -0.3 is 14.6 Å². The molecule has 1 aromatic carbocycles. The number of nitrogens with zero attached hydrogens (tertiary/aromatic N) is 3. The van der Waals surface area contributed by atoms with Gasteiger partial charge in [0.1, 0.15) is 0 Å². The normalized spacial score (nSPS) is 20.6. The van der Waals surface area contributed by atoms with Crippen molar-refractivity contribution < 1.29 is 14.1 Å². The Morgan fingerprint density at radius 1 is 1.22 bits per heavy atom. The Balaban J connectivity index is 1.39. The lowest BCUT2D eigenvalue weighted by Crippen LogP contribution is -2.47. The first-order valence-corrected chi connectivity index (χ1v) is 9.53. The van der Waals surface area contributed by atoms with Gasteiger partial charge in [0.2, 0.25) is 17.6 Å². The molecule has 1 fully saturated rings. The van der Waals surface area contributed by atoms with Crippen LogP contribution in [0.15, 0.2) is 28.8 Å². The van der Waals surface area contributed by atoms with E-state index >= 15 is 0 Å². The van der Waals surface area contributed by atoms with Crippen LogP contribution in [0.4, 0.5) is 0 Å². The van der Waals surface area contributed by atoms with Gasteiger partial charge in [0.15, 0.2) is 0 Å². The first kappa shape index (κ1) is 19.5. The van der Waals surface area contributed by atoms with E-state index in [-0.39, 0.29) is 18.1 Å². The summed E-state index contributed by atoms with van der Waals surface area (Å²) < 4.78 is 11.0. The maximum Gasteiger partial charge on any atom is 0.227 e. The average molecular weight is 372 g/mol. The van der Waals surface area contributed by atoms with Crippen molar-refractivity contribution in [3.8, 4) is 11.4 Å². The molecule has 7 nitrogen and oxygen atoms in total. The van der Waals surface area contributed by atoms with Crippen LogP contribution in [-0.4, -0.2) is 59.3 Å². The minimum Gasteiger partial charge on any atom is -0.373 e. The molecule has 7 heteroatoms. The summed E-state index contributed by atoms with van der Waals surface area (Å²) in [6, 6.07) is 7.94. The molecule has 2 aromatic rings. The zero-order valence-electron chi connectivity index (χ0n) is 16.3. The lowest BCUT2D eigenvalue weighted by Gasteiger charge is -2.35. The van der Waals surface area contributed by atoms with Crippen LogP contribution in [-0.2, 0) is 16.0 Å². The van der Waals surface area contributed by atoms with Crippen LogP contribution in [0.5, 0.6) is 0 Å². The van der Waals surface area contributed by atoms with Crippen molar-refractivity contribution in [2.45, 2.75) is 45.8 Å². The van der Waals surface area contributed by atoms with Gasteiger partial charge in [-0.05, 0) is 20.8 Å². The van der Waals surface area contributed by atoms with Crippen molar-refractivity contribution in [3.63, 3.8) is 0 Å². The molecule has 0 radical (unpaired) electrons. The molecule has 1 saturated heterocycles. The van der Waals surface area contributed by atoms with Gasteiger partial charge in [-0.3, -0.25) is 9.69 Å². The smallest absolute Gasteiger partial charge is 0.227 e. The van der Waals surface area contributed by atoms with Gasteiger partial charge in [-0.15, -0.1) is 0 Å². The van der Waals surface area contributed by atoms with Crippen molar-refractivity contribution in [3.05, 3.63) is 35.7 Å². The van der Waals surface area contributed by atoms with Gasteiger partial charge in [0.05, 0.1) is 12.2 Å². The Hall–Kier alpha value is -2.25. The first-order valence-electron chi connectivity index (χ1n) is 9.53. The summed E-state index contributed by atoms with van der Waals surface area (Å²) in [6.07, 6.45) is 1.26. The number of rotatable bonds is 7. The number of aromatic nitrogens is 2. The predicted octanol–water partition coefficient (Wildman–Crippen LogP) is 2.20. The van der Waals surface area contributed by atoms with E-state index in [1.54, 1.807) is 0 Å². The van der Waals surface area contributed by atoms with Gasteiger partial charge in [-0.2, -0.15) is 4.98 Å². The number of ether oxygens (including phenoxy) is 1. The molecule has 3 rings (SSSR count). The summed E-state index contributed by atoms with van der Waals surface area (Å²) in [5.74, 6) is 1.04. The SMILES string of the molecule is Cc1ccc(-c2noc(CCC(=O)NCCN3C[C@@H](C)O[C@@H](C)C3)n2)cc1. The van der Waals surface area contributed by atoms with Crippen molar-refractivity contribution in [1.82, 2.24) is 20.4 Å². The molecule has 1 aliphatic rings. The molecule has 1 N–H and O–H groups in total. The third-order valence-electron chi connectivity index (χ3n) is 4.59. The van der Waals surface area contributed by atoms with Gasteiger partial charge in [-0.25, -0.2) is 0 Å². The fourth-order valence-corrected chi connectivity index (χ4v) is 3.31. The van der Waals surface area contributed by atoms with E-state index in [1.165, 1.54) is 5.56 Å². The quantitative estimate of drug-likeness (QED) is 0.803. The molecule has 1 aliphatic heterocycles. The van der Waals surface area contributed by atoms with E-state index in [2.05, 4.69) is 34.2 Å². The van der Waals surface area contributed by atoms with Gasteiger partial charge >= 0.3 is 0 Å². The van der Waals surface area contributed by atoms with Crippen molar-refractivity contribution in [2.24, 2.45) is 0 Å². The highest BCUT2D eigenvalue weighted by atomic mass is 16.5. The first-order chi connectivity index (χ1) is 13.0. The molecule has 0 aliphatic carbocycles. The summed E-state index contributed by atoms with van der Waals surface area (Å²) in [5, 5.41) is 6.96. The van der Waals surface area contributed by atoms with Crippen molar-refractivity contribution in [2.75, 3.05) is 26.2 Å². The number of hydrogen-bond acceptors (Lipinski definition) is 6. The Labute approximate surface area is 160 Å². The number of morpholine rings is 1. The molecule has 1 aromatic heterocycles. The monoisotopic (exact) mass is 372 g/mol. The second kappa shape index (κ2) is 9.10. The summed E-state index contributed by atoms with van der Waals surface area (Å²) in [4.78, 5) is 18.8. The largest absolute Gasteiger partial charge is 0.373 e. The molecule has 0 unspecified atom stereocenters.